The van der Waals surface area contributed by atoms with Gasteiger partial charge in [-0.25, -0.2) is 4.39 Å². The maximum Gasteiger partial charge on any atom is 0.249 e. The van der Waals surface area contributed by atoms with Crippen LogP contribution in [0.3, 0.4) is 0 Å². The third-order valence-corrected chi connectivity index (χ3v) is 5.29. The topological polar surface area (TPSA) is 43.1 Å². The standard InChI is InChI=1S/C22H20FNO/c23-15-11-12-20(22(24)25)21(13-15)19-10-4-8-17-16(7-3-9-18(17)19)14-5-1-2-6-14/h3-4,7-14H,1-2,5-6H2,(H2,24,25). The Morgan fingerprint density at radius 2 is 1.64 bits per heavy atom. The Kier molecular flexibility index (Phi) is 4.00. The van der Waals surface area contributed by atoms with Crippen LogP contribution in [0, 0.1) is 5.82 Å². The van der Waals surface area contributed by atoms with Gasteiger partial charge in [-0.05, 0) is 64.4 Å². The minimum Gasteiger partial charge on any atom is -0.366 e. The molecule has 0 spiro atoms. The van der Waals surface area contributed by atoms with Gasteiger partial charge >= 0.3 is 0 Å². The molecule has 1 aliphatic carbocycles. The van der Waals surface area contributed by atoms with Gasteiger partial charge in [0.05, 0.1) is 0 Å². The molecule has 2 N–H and O–H groups in total. The number of halogens is 1. The minimum atomic E-state index is -0.543. The second-order valence-electron chi connectivity index (χ2n) is 6.78. The van der Waals surface area contributed by atoms with E-state index in [2.05, 4.69) is 18.2 Å². The molecule has 1 fully saturated rings. The van der Waals surface area contributed by atoms with E-state index in [4.69, 9.17) is 5.73 Å². The molecular weight excluding hydrogens is 313 g/mol. The smallest absolute Gasteiger partial charge is 0.249 e. The number of amides is 1. The molecule has 0 atom stereocenters. The second kappa shape index (κ2) is 6.32. The molecular formula is C22H20FNO. The molecule has 1 amide bonds. The molecule has 3 aromatic carbocycles. The lowest BCUT2D eigenvalue weighted by atomic mass is 9.88. The molecule has 0 saturated heterocycles. The van der Waals surface area contributed by atoms with Gasteiger partial charge < -0.3 is 5.73 Å². The average Bonchev–Trinajstić information content (AvgIpc) is 3.14. The van der Waals surface area contributed by atoms with Crippen molar-refractivity contribution in [1.29, 1.82) is 0 Å². The number of fused-ring (bicyclic) bond motifs is 1. The summed E-state index contributed by atoms with van der Waals surface area (Å²) in [6.45, 7) is 0. The van der Waals surface area contributed by atoms with Crippen LogP contribution in [0.2, 0.25) is 0 Å². The largest absolute Gasteiger partial charge is 0.366 e. The monoisotopic (exact) mass is 333 g/mol. The highest BCUT2D eigenvalue weighted by molar-refractivity contribution is 6.06. The van der Waals surface area contributed by atoms with E-state index in [1.165, 1.54) is 54.8 Å². The van der Waals surface area contributed by atoms with E-state index >= 15 is 0 Å². The predicted octanol–water partition coefficient (Wildman–Crippen LogP) is 5.40. The molecule has 2 nitrogen and oxygen atoms in total. The second-order valence-corrected chi connectivity index (χ2v) is 6.78. The molecule has 0 radical (unpaired) electrons. The molecule has 0 aromatic heterocycles. The highest BCUT2D eigenvalue weighted by atomic mass is 19.1. The minimum absolute atomic E-state index is 0.347. The van der Waals surface area contributed by atoms with Gasteiger partial charge in [-0.15, -0.1) is 0 Å². The molecule has 126 valence electrons. The molecule has 3 aromatic rings. The van der Waals surface area contributed by atoms with Gasteiger partial charge in [0.15, 0.2) is 0 Å². The van der Waals surface area contributed by atoms with Crippen molar-refractivity contribution < 1.29 is 9.18 Å². The molecule has 3 heteroatoms. The van der Waals surface area contributed by atoms with Crippen molar-refractivity contribution in [2.75, 3.05) is 0 Å². The summed E-state index contributed by atoms with van der Waals surface area (Å²) >= 11 is 0. The maximum atomic E-state index is 13.9. The number of nitrogens with two attached hydrogens (primary N) is 1. The van der Waals surface area contributed by atoms with E-state index in [1.54, 1.807) is 0 Å². The van der Waals surface area contributed by atoms with Crippen LogP contribution in [0.1, 0.15) is 47.5 Å². The van der Waals surface area contributed by atoms with Crippen molar-refractivity contribution in [2.24, 2.45) is 5.73 Å². The Bertz CT molecular complexity index is 957. The Balaban J connectivity index is 1.97. The van der Waals surface area contributed by atoms with Gasteiger partial charge in [0.1, 0.15) is 5.82 Å². The summed E-state index contributed by atoms with van der Waals surface area (Å²) in [6, 6.07) is 16.5. The summed E-state index contributed by atoms with van der Waals surface area (Å²) < 4.78 is 13.9. The first-order chi connectivity index (χ1) is 12.1. The van der Waals surface area contributed by atoms with Gasteiger partial charge in [0.2, 0.25) is 5.91 Å². The molecule has 4 rings (SSSR count). The van der Waals surface area contributed by atoms with Crippen LogP contribution >= 0.6 is 0 Å². The normalized spacial score (nSPS) is 14.9. The highest BCUT2D eigenvalue weighted by Crippen LogP contribution is 2.40. The summed E-state index contributed by atoms with van der Waals surface area (Å²) in [7, 11) is 0. The zero-order valence-electron chi connectivity index (χ0n) is 14.0. The van der Waals surface area contributed by atoms with Gasteiger partial charge in [-0.1, -0.05) is 49.2 Å². The van der Waals surface area contributed by atoms with Crippen molar-refractivity contribution in [2.45, 2.75) is 31.6 Å². The van der Waals surface area contributed by atoms with Gasteiger partial charge in [-0.3, -0.25) is 4.79 Å². The summed E-state index contributed by atoms with van der Waals surface area (Å²) in [4.78, 5) is 11.8. The lowest BCUT2D eigenvalue weighted by Gasteiger charge is -2.16. The maximum absolute atomic E-state index is 13.9. The summed E-state index contributed by atoms with van der Waals surface area (Å²) in [5.74, 6) is -0.329. The molecule has 25 heavy (non-hydrogen) atoms. The number of primary amides is 1. The van der Waals surface area contributed by atoms with Crippen LogP contribution in [-0.2, 0) is 0 Å². The molecule has 1 saturated carbocycles. The van der Waals surface area contributed by atoms with Crippen molar-refractivity contribution >= 4 is 16.7 Å². The number of benzene rings is 3. The highest BCUT2D eigenvalue weighted by Gasteiger charge is 2.20. The van der Waals surface area contributed by atoms with E-state index in [9.17, 15) is 9.18 Å². The van der Waals surface area contributed by atoms with Crippen molar-refractivity contribution in [1.82, 2.24) is 0 Å². The van der Waals surface area contributed by atoms with E-state index in [0.717, 1.165) is 10.9 Å². The fourth-order valence-electron chi connectivity index (χ4n) is 4.12. The zero-order valence-corrected chi connectivity index (χ0v) is 14.0. The lowest BCUT2D eigenvalue weighted by Crippen LogP contribution is -2.12. The third-order valence-electron chi connectivity index (χ3n) is 5.29. The molecule has 1 aliphatic rings. The van der Waals surface area contributed by atoms with Crippen LogP contribution in [0.25, 0.3) is 21.9 Å². The predicted molar refractivity (Wildman–Crippen MR) is 99.1 cm³/mol. The van der Waals surface area contributed by atoms with E-state index in [-0.39, 0.29) is 5.82 Å². The van der Waals surface area contributed by atoms with Gasteiger partial charge in [0.25, 0.3) is 0 Å². The Labute approximate surface area is 146 Å². The number of rotatable bonds is 3. The molecule has 0 aliphatic heterocycles. The van der Waals surface area contributed by atoms with Crippen LogP contribution in [0.15, 0.2) is 54.6 Å². The van der Waals surface area contributed by atoms with E-state index in [0.29, 0.717) is 17.0 Å². The van der Waals surface area contributed by atoms with Crippen LogP contribution in [0.5, 0.6) is 0 Å². The number of carbonyl (C=O) groups is 1. The van der Waals surface area contributed by atoms with Crippen LogP contribution < -0.4 is 5.73 Å². The average molecular weight is 333 g/mol. The number of carbonyl (C=O) groups excluding carboxylic acids is 1. The van der Waals surface area contributed by atoms with Crippen molar-refractivity contribution in [3.8, 4) is 11.1 Å². The van der Waals surface area contributed by atoms with Crippen molar-refractivity contribution in [3.63, 3.8) is 0 Å². The number of hydrogen-bond donors (Lipinski definition) is 1. The summed E-state index contributed by atoms with van der Waals surface area (Å²) in [5.41, 5.74) is 8.63. The zero-order chi connectivity index (χ0) is 17.4. The van der Waals surface area contributed by atoms with Gasteiger partial charge in [-0.2, -0.15) is 0 Å². The third kappa shape index (κ3) is 2.80. The number of hydrogen-bond acceptors (Lipinski definition) is 1. The van der Waals surface area contributed by atoms with E-state index in [1.807, 2.05) is 18.2 Å². The van der Waals surface area contributed by atoms with E-state index < -0.39 is 5.91 Å². The lowest BCUT2D eigenvalue weighted by molar-refractivity contribution is 0.100. The first-order valence-corrected chi connectivity index (χ1v) is 8.76. The fraction of sp³-hybridized carbons (Fsp3) is 0.227. The molecule has 0 unspecified atom stereocenters. The summed E-state index contributed by atoms with van der Waals surface area (Å²) in [5, 5.41) is 2.23. The van der Waals surface area contributed by atoms with Crippen LogP contribution in [-0.4, -0.2) is 5.91 Å². The molecule has 0 bridgehead atoms. The SMILES string of the molecule is NC(=O)c1ccc(F)cc1-c1cccc2c(C3CCCC3)cccc12. The quantitative estimate of drug-likeness (QED) is 0.685. The van der Waals surface area contributed by atoms with Crippen molar-refractivity contribution in [3.05, 3.63) is 71.5 Å². The first kappa shape index (κ1) is 15.8. The Morgan fingerprint density at radius 3 is 2.40 bits per heavy atom. The van der Waals surface area contributed by atoms with Crippen LogP contribution in [0.4, 0.5) is 4.39 Å². The summed E-state index contributed by atoms with van der Waals surface area (Å²) in [6.07, 6.45) is 4.98. The molecule has 0 heterocycles. The Morgan fingerprint density at radius 1 is 0.920 bits per heavy atom. The fourth-order valence-corrected chi connectivity index (χ4v) is 4.12. The first-order valence-electron chi connectivity index (χ1n) is 8.76. The van der Waals surface area contributed by atoms with Gasteiger partial charge in [0, 0.05) is 5.56 Å². The Hall–Kier alpha value is -2.68.